The molecule has 0 bridgehead atoms. The number of phenols is 1. The fraction of sp³-hybridized carbons (Fsp3) is 0.552. The third kappa shape index (κ3) is 4.26. The maximum Gasteiger partial charge on any atom is 0.310 e. The average Bonchev–Trinajstić information content (AvgIpc) is 3.61. The van der Waals surface area contributed by atoms with Gasteiger partial charge in [-0.05, 0) is 47.9 Å². The van der Waals surface area contributed by atoms with Crippen LogP contribution in [0.3, 0.4) is 0 Å². The number of carbonyl (C=O) groups is 1. The first-order valence-electron chi connectivity index (χ1n) is 13.8. The summed E-state index contributed by atoms with van der Waals surface area (Å²) in [5.74, 6) is -1.02. The van der Waals surface area contributed by atoms with E-state index in [0.717, 1.165) is 0 Å². The van der Waals surface area contributed by atoms with Gasteiger partial charge in [0.1, 0.15) is 24.4 Å². The number of aliphatic hydroxyl groups is 2. The largest absolute Gasteiger partial charge is 0.502 e. The van der Waals surface area contributed by atoms with Crippen molar-refractivity contribution in [2.24, 2.45) is 11.8 Å². The Balaban J connectivity index is 1.32. The molecule has 4 heterocycles. The molecular formula is C29H32O13. The van der Waals surface area contributed by atoms with Crippen molar-refractivity contribution in [2.45, 2.75) is 55.9 Å². The van der Waals surface area contributed by atoms with Crippen molar-refractivity contribution >= 4 is 5.97 Å². The Morgan fingerprint density at radius 1 is 0.881 bits per heavy atom. The normalized spacial score (nSPS) is 36.5. The van der Waals surface area contributed by atoms with Crippen molar-refractivity contribution in [1.82, 2.24) is 0 Å². The van der Waals surface area contributed by atoms with Crippen LogP contribution in [0.1, 0.15) is 35.6 Å². The summed E-state index contributed by atoms with van der Waals surface area (Å²) in [4.78, 5) is 13.4. The summed E-state index contributed by atoms with van der Waals surface area (Å²) in [6.07, 6.45) is -6.80. The first-order chi connectivity index (χ1) is 20.3. The summed E-state index contributed by atoms with van der Waals surface area (Å²) in [7, 11) is 2.86. The standard InChI is InChI=1S/C29H32O13/c1-11-36-9-20-27(40-11)24(31)25(32)29(41-20)42-26-14-7-17-16(38-10-39-17)6-13(14)21(22-15(26)8-37-28(22)33)12-4-18(34-2)23(30)19(5-12)35-3/h4-7,11,15,20-22,24-27,29-32H,8-10H2,1-3H3/t11?,15-,20?,21+,22-,24+,25-,26?,27+,29?/m0/s1. The van der Waals surface area contributed by atoms with E-state index in [1.54, 1.807) is 31.2 Å². The van der Waals surface area contributed by atoms with E-state index in [1.807, 2.05) is 0 Å². The van der Waals surface area contributed by atoms with Crippen LogP contribution < -0.4 is 18.9 Å². The highest BCUT2D eigenvalue weighted by Gasteiger charge is 2.56. The van der Waals surface area contributed by atoms with E-state index in [1.165, 1.54) is 14.2 Å². The molecule has 0 radical (unpaired) electrons. The Hall–Kier alpha value is -3.33. The summed E-state index contributed by atoms with van der Waals surface area (Å²) < 4.78 is 51.5. The predicted molar refractivity (Wildman–Crippen MR) is 138 cm³/mol. The fourth-order valence-corrected chi connectivity index (χ4v) is 6.74. The van der Waals surface area contributed by atoms with Crippen LogP contribution in [0.2, 0.25) is 0 Å². The number of hydrogen-bond donors (Lipinski definition) is 3. The topological polar surface area (TPSA) is 161 Å². The van der Waals surface area contributed by atoms with Gasteiger partial charge in [0.2, 0.25) is 12.5 Å². The molecule has 0 amide bonds. The van der Waals surface area contributed by atoms with Crippen molar-refractivity contribution in [3.05, 3.63) is 41.0 Å². The Labute approximate surface area is 240 Å². The number of benzene rings is 2. The summed E-state index contributed by atoms with van der Waals surface area (Å²) in [5.41, 5.74) is 2.01. The van der Waals surface area contributed by atoms with Crippen molar-refractivity contribution in [3.63, 3.8) is 0 Å². The monoisotopic (exact) mass is 588 g/mol. The highest BCUT2D eigenvalue weighted by Crippen LogP contribution is 2.57. The highest BCUT2D eigenvalue weighted by atomic mass is 16.8. The smallest absolute Gasteiger partial charge is 0.310 e. The maximum atomic E-state index is 13.4. The zero-order chi connectivity index (χ0) is 29.3. The lowest BCUT2D eigenvalue weighted by molar-refractivity contribution is -0.364. The van der Waals surface area contributed by atoms with Crippen LogP contribution in [0.15, 0.2) is 24.3 Å². The molecule has 42 heavy (non-hydrogen) atoms. The number of methoxy groups -OCH3 is 2. The zero-order valence-electron chi connectivity index (χ0n) is 23.1. The molecule has 1 aliphatic carbocycles. The molecule has 5 aliphatic rings. The minimum Gasteiger partial charge on any atom is -0.502 e. The zero-order valence-corrected chi connectivity index (χ0v) is 23.1. The molecule has 3 N–H and O–H groups in total. The van der Waals surface area contributed by atoms with Gasteiger partial charge in [-0.3, -0.25) is 4.79 Å². The quantitative estimate of drug-likeness (QED) is 0.430. The number of phenolic OH excluding ortho intramolecular Hbond substituents is 1. The van der Waals surface area contributed by atoms with Crippen LogP contribution in [0.5, 0.6) is 28.7 Å². The van der Waals surface area contributed by atoms with Gasteiger partial charge in [0.05, 0.1) is 39.5 Å². The van der Waals surface area contributed by atoms with Gasteiger partial charge in [0, 0.05) is 11.8 Å². The Morgan fingerprint density at radius 3 is 2.26 bits per heavy atom. The number of esters is 1. The third-order valence-electron chi connectivity index (χ3n) is 8.75. The lowest BCUT2D eigenvalue weighted by atomic mass is 9.66. The van der Waals surface area contributed by atoms with Crippen LogP contribution in [0.4, 0.5) is 0 Å². The lowest BCUT2D eigenvalue weighted by Crippen LogP contribution is -2.63. The molecule has 0 spiro atoms. The van der Waals surface area contributed by atoms with Crippen LogP contribution in [0.25, 0.3) is 0 Å². The van der Waals surface area contributed by atoms with Gasteiger partial charge in [-0.1, -0.05) is 0 Å². The maximum absolute atomic E-state index is 13.4. The molecule has 7 rings (SSSR count). The number of fused-ring (bicyclic) bond motifs is 4. The van der Waals surface area contributed by atoms with Crippen molar-refractivity contribution in [2.75, 3.05) is 34.2 Å². The molecule has 3 saturated heterocycles. The van der Waals surface area contributed by atoms with Crippen LogP contribution >= 0.6 is 0 Å². The fourth-order valence-electron chi connectivity index (χ4n) is 6.74. The van der Waals surface area contributed by atoms with E-state index in [4.69, 9.17) is 42.6 Å². The molecule has 2 aromatic rings. The minimum absolute atomic E-state index is 0.0301. The van der Waals surface area contributed by atoms with Gasteiger partial charge in [-0.15, -0.1) is 0 Å². The van der Waals surface area contributed by atoms with E-state index in [0.29, 0.717) is 28.2 Å². The molecular weight excluding hydrogens is 556 g/mol. The minimum atomic E-state index is -1.44. The van der Waals surface area contributed by atoms with Gasteiger partial charge in [0.15, 0.2) is 35.6 Å². The predicted octanol–water partition coefficient (Wildman–Crippen LogP) is 1.34. The third-order valence-corrected chi connectivity index (χ3v) is 8.75. The molecule has 0 aromatic heterocycles. The molecule has 0 saturated carbocycles. The van der Waals surface area contributed by atoms with Crippen molar-refractivity contribution < 1.29 is 62.7 Å². The van der Waals surface area contributed by atoms with E-state index in [2.05, 4.69) is 0 Å². The first kappa shape index (κ1) is 27.5. The SMILES string of the molecule is COc1cc([C@@H]2c3cc4c(cc3C(OC3OC5COC(C)O[C@H]5[C@H](O)[C@@H]3O)[C@H]3COC(=O)[C@H]23)OCO4)cc(OC)c1O. The summed E-state index contributed by atoms with van der Waals surface area (Å²) >= 11 is 0. The van der Waals surface area contributed by atoms with E-state index < -0.39 is 66.8 Å². The summed E-state index contributed by atoms with van der Waals surface area (Å²) in [6.45, 7) is 1.93. The molecule has 226 valence electrons. The van der Waals surface area contributed by atoms with Crippen molar-refractivity contribution in [1.29, 1.82) is 0 Å². The number of hydrogen-bond acceptors (Lipinski definition) is 13. The van der Waals surface area contributed by atoms with Crippen LogP contribution in [0, 0.1) is 11.8 Å². The number of cyclic esters (lactones) is 1. The van der Waals surface area contributed by atoms with Crippen LogP contribution in [-0.2, 0) is 28.5 Å². The molecule has 10 atom stereocenters. The first-order valence-corrected chi connectivity index (χ1v) is 13.8. The second kappa shape index (κ2) is 10.4. The molecule has 3 fully saturated rings. The molecule has 4 unspecified atom stereocenters. The lowest BCUT2D eigenvalue weighted by Gasteiger charge is -2.47. The Morgan fingerprint density at radius 2 is 1.57 bits per heavy atom. The van der Waals surface area contributed by atoms with E-state index in [-0.39, 0.29) is 37.3 Å². The van der Waals surface area contributed by atoms with Crippen LogP contribution in [-0.4, -0.2) is 92.5 Å². The number of aliphatic hydroxyl groups excluding tert-OH is 2. The van der Waals surface area contributed by atoms with Gasteiger partial charge >= 0.3 is 5.97 Å². The molecule has 4 aliphatic heterocycles. The molecule has 2 aromatic carbocycles. The Kier molecular flexibility index (Phi) is 6.83. The highest BCUT2D eigenvalue weighted by molar-refractivity contribution is 5.79. The number of rotatable bonds is 5. The second-order valence-electron chi connectivity index (χ2n) is 11.0. The Bertz CT molecular complexity index is 1350. The molecule has 13 heteroatoms. The van der Waals surface area contributed by atoms with E-state index >= 15 is 0 Å². The average molecular weight is 589 g/mol. The van der Waals surface area contributed by atoms with Gasteiger partial charge < -0.3 is 58.0 Å². The van der Waals surface area contributed by atoms with Crippen molar-refractivity contribution in [3.8, 4) is 28.7 Å². The second-order valence-corrected chi connectivity index (χ2v) is 11.0. The van der Waals surface area contributed by atoms with E-state index in [9.17, 15) is 20.1 Å². The number of carbonyl (C=O) groups excluding carboxylic acids is 1. The number of aromatic hydroxyl groups is 1. The summed E-state index contributed by atoms with van der Waals surface area (Å²) in [6, 6.07) is 6.93. The van der Waals surface area contributed by atoms with Gasteiger partial charge in [-0.2, -0.15) is 0 Å². The summed E-state index contributed by atoms with van der Waals surface area (Å²) in [5, 5.41) is 32.5. The van der Waals surface area contributed by atoms with Gasteiger partial charge in [0.25, 0.3) is 0 Å². The van der Waals surface area contributed by atoms with Gasteiger partial charge in [-0.25, -0.2) is 0 Å². The number of ether oxygens (including phenoxy) is 9. The molecule has 13 nitrogen and oxygen atoms in total.